The number of rotatable bonds is 6. The first-order valence-corrected chi connectivity index (χ1v) is 11.5. The van der Waals surface area contributed by atoms with Gasteiger partial charge in [0.25, 0.3) is 5.56 Å². The van der Waals surface area contributed by atoms with Crippen molar-refractivity contribution in [3.63, 3.8) is 0 Å². The molecule has 3 aromatic rings. The molecule has 8 nitrogen and oxygen atoms in total. The molecular weight excluding hydrogens is 384 g/mol. The van der Waals surface area contributed by atoms with Crippen molar-refractivity contribution in [1.29, 1.82) is 0 Å². The van der Waals surface area contributed by atoms with Crippen molar-refractivity contribution in [3.05, 3.63) is 47.4 Å². The lowest BCUT2D eigenvalue weighted by molar-refractivity contribution is 0.596. The van der Waals surface area contributed by atoms with Gasteiger partial charge in [-0.05, 0) is 18.4 Å². The molecule has 0 aliphatic carbocycles. The standard InChI is InChI=1S/C17H20N6O2S2/c1-5-10-22-16(24)12-11-18-17(26-3)20-15(12)23(22)14-9-7-8-13(19-14)21-27(4,25)6-2/h5,7-9,11H,1,6,10H2,2-4H3. The molecule has 0 spiro atoms. The second-order valence-corrected chi connectivity index (χ2v) is 9.23. The van der Waals surface area contributed by atoms with Crippen LogP contribution < -0.4 is 5.56 Å². The van der Waals surface area contributed by atoms with Gasteiger partial charge in [-0.15, -0.1) is 6.58 Å². The molecule has 0 bridgehead atoms. The lowest BCUT2D eigenvalue weighted by atomic mass is 10.4. The summed E-state index contributed by atoms with van der Waals surface area (Å²) in [4.78, 5) is 26.0. The summed E-state index contributed by atoms with van der Waals surface area (Å²) in [5.41, 5.74) is 0.230. The van der Waals surface area contributed by atoms with E-state index in [0.717, 1.165) is 0 Å². The molecule has 1 unspecified atom stereocenters. The van der Waals surface area contributed by atoms with Crippen molar-refractivity contribution in [3.8, 4) is 5.82 Å². The Kier molecular flexibility index (Phi) is 5.47. The molecule has 142 valence electrons. The van der Waals surface area contributed by atoms with Crippen LogP contribution in [0.2, 0.25) is 0 Å². The number of fused-ring (bicyclic) bond motifs is 1. The number of pyridine rings is 1. The van der Waals surface area contributed by atoms with Crippen LogP contribution in [0.15, 0.2) is 51.4 Å². The van der Waals surface area contributed by atoms with E-state index in [1.165, 1.54) is 22.6 Å². The Labute approximate surface area is 161 Å². The largest absolute Gasteiger partial charge is 0.278 e. The summed E-state index contributed by atoms with van der Waals surface area (Å²) in [6.07, 6.45) is 6.61. The number of allylic oxidation sites excluding steroid dienone is 1. The Morgan fingerprint density at radius 3 is 2.81 bits per heavy atom. The average molecular weight is 405 g/mol. The molecule has 0 radical (unpaired) electrons. The lowest BCUT2D eigenvalue weighted by Crippen LogP contribution is -2.22. The van der Waals surface area contributed by atoms with E-state index < -0.39 is 9.73 Å². The zero-order valence-electron chi connectivity index (χ0n) is 15.3. The first-order valence-electron chi connectivity index (χ1n) is 8.21. The van der Waals surface area contributed by atoms with Crippen molar-refractivity contribution < 1.29 is 4.21 Å². The third-order valence-electron chi connectivity index (χ3n) is 3.90. The second kappa shape index (κ2) is 7.65. The van der Waals surface area contributed by atoms with Crippen LogP contribution in [0.25, 0.3) is 16.9 Å². The molecule has 3 heterocycles. The number of hydrogen-bond acceptors (Lipinski definition) is 7. The summed E-state index contributed by atoms with van der Waals surface area (Å²) in [6, 6.07) is 5.20. The Bertz CT molecular complexity index is 1190. The third-order valence-corrected chi connectivity index (χ3v) is 6.10. The molecule has 0 aliphatic heterocycles. The maximum atomic E-state index is 12.8. The number of aromatic nitrogens is 5. The fourth-order valence-corrected chi connectivity index (χ4v) is 3.44. The van der Waals surface area contributed by atoms with E-state index in [4.69, 9.17) is 0 Å². The van der Waals surface area contributed by atoms with Crippen LogP contribution in [-0.2, 0) is 16.3 Å². The van der Waals surface area contributed by atoms with Gasteiger partial charge < -0.3 is 0 Å². The second-order valence-electron chi connectivity index (χ2n) is 5.78. The van der Waals surface area contributed by atoms with Crippen LogP contribution in [0, 0.1) is 0 Å². The van der Waals surface area contributed by atoms with Gasteiger partial charge in [-0.2, -0.15) is 4.36 Å². The van der Waals surface area contributed by atoms with Gasteiger partial charge >= 0.3 is 0 Å². The smallest absolute Gasteiger partial charge is 0.267 e. The summed E-state index contributed by atoms with van der Waals surface area (Å²) in [5, 5.41) is 0.946. The van der Waals surface area contributed by atoms with Crippen LogP contribution in [0.3, 0.4) is 0 Å². The highest BCUT2D eigenvalue weighted by Gasteiger charge is 2.17. The molecule has 27 heavy (non-hydrogen) atoms. The Hall–Kier alpha value is -2.46. The molecule has 0 saturated heterocycles. The summed E-state index contributed by atoms with van der Waals surface area (Å²) in [6.45, 7) is 5.82. The van der Waals surface area contributed by atoms with Crippen LogP contribution in [0.4, 0.5) is 5.82 Å². The molecule has 0 N–H and O–H groups in total. The number of thioether (sulfide) groups is 1. The van der Waals surface area contributed by atoms with Crippen molar-refractivity contribution >= 4 is 38.3 Å². The van der Waals surface area contributed by atoms with Gasteiger partial charge in [0.1, 0.15) is 5.39 Å². The van der Waals surface area contributed by atoms with Gasteiger partial charge in [0.2, 0.25) is 0 Å². The molecular formula is C17H20N6O2S2. The SMILES string of the molecule is C=CCn1c(=O)c2cnc(SC)nc2n1-c1cccc(N=S(C)(=O)CC)n1. The molecule has 3 aromatic heterocycles. The number of hydrogen-bond donors (Lipinski definition) is 0. The average Bonchev–Trinajstić information content (AvgIpc) is 2.93. The molecule has 0 amide bonds. The van der Waals surface area contributed by atoms with Crippen LogP contribution >= 0.6 is 11.8 Å². The van der Waals surface area contributed by atoms with Crippen molar-refractivity contribution in [2.45, 2.75) is 18.6 Å². The van der Waals surface area contributed by atoms with Gasteiger partial charge in [0.05, 0.1) is 16.3 Å². The molecule has 3 rings (SSSR count). The van der Waals surface area contributed by atoms with E-state index in [-0.39, 0.29) is 12.1 Å². The van der Waals surface area contributed by atoms with Gasteiger partial charge in [-0.3, -0.25) is 4.79 Å². The molecule has 0 saturated carbocycles. The zero-order valence-corrected chi connectivity index (χ0v) is 17.0. The predicted molar refractivity (Wildman–Crippen MR) is 110 cm³/mol. The lowest BCUT2D eigenvalue weighted by Gasteiger charge is -2.10. The summed E-state index contributed by atoms with van der Waals surface area (Å²) < 4.78 is 19.7. The maximum absolute atomic E-state index is 12.8. The minimum absolute atomic E-state index is 0.227. The summed E-state index contributed by atoms with van der Waals surface area (Å²) in [5.74, 6) is 1.24. The Balaban J connectivity index is 2.32. The van der Waals surface area contributed by atoms with E-state index in [9.17, 15) is 9.00 Å². The Morgan fingerprint density at radius 2 is 2.15 bits per heavy atom. The highest BCUT2D eigenvalue weighted by Crippen LogP contribution is 2.20. The van der Waals surface area contributed by atoms with Gasteiger partial charge in [0.15, 0.2) is 22.4 Å². The van der Waals surface area contributed by atoms with E-state index in [1.54, 1.807) is 35.2 Å². The quantitative estimate of drug-likeness (QED) is 0.356. The Morgan fingerprint density at radius 1 is 1.37 bits per heavy atom. The first kappa shape index (κ1) is 19.3. The van der Waals surface area contributed by atoms with Gasteiger partial charge in [-0.25, -0.2) is 28.5 Å². The third kappa shape index (κ3) is 3.81. The maximum Gasteiger partial charge on any atom is 0.278 e. The summed E-state index contributed by atoms with van der Waals surface area (Å²) in [7, 11) is -2.35. The van der Waals surface area contributed by atoms with E-state index in [1.807, 2.05) is 13.2 Å². The normalized spacial score (nSPS) is 13.4. The molecule has 10 heteroatoms. The van der Waals surface area contributed by atoms with Gasteiger partial charge in [0, 0.05) is 18.2 Å². The highest BCUT2D eigenvalue weighted by molar-refractivity contribution is 7.98. The fraction of sp³-hybridized carbons (Fsp3) is 0.294. The minimum Gasteiger partial charge on any atom is -0.267 e. The predicted octanol–water partition coefficient (Wildman–Crippen LogP) is 2.63. The number of nitrogens with zero attached hydrogens (tertiary/aromatic N) is 6. The molecule has 0 aromatic carbocycles. The van der Waals surface area contributed by atoms with E-state index in [2.05, 4.69) is 25.9 Å². The molecule has 0 fully saturated rings. The van der Waals surface area contributed by atoms with Crippen molar-refractivity contribution in [2.75, 3.05) is 18.3 Å². The topological polar surface area (TPSA) is 95.0 Å². The van der Waals surface area contributed by atoms with Gasteiger partial charge in [-0.1, -0.05) is 30.8 Å². The monoisotopic (exact) mass is 404 g/mol. The van der Waals surface area contributed by atoms with Crippen molar-refractivity contribution in [1.82, 2.24) is 24.3 Å². The highest BCUT2D eigenvalue weighted by atomic mass is 32.2. The molecule has 1 atom stereocenters. The van der Waals surface area contributed by atoms with Crippen LogP contribution in [0.1, 0.15) is 6.92 Å². The van der Waals surface area contributed by atoms with Crippen LogP contribution in [-0.4, -0.2) is 46.8 Å². The van der Waals surface area contributed by atoms with E-state index in [0.29, 0.717) is 33.6 Å². The first-order chi connectivity index (χ1) is 12.9. The van der Waals surface area contributed by atoms with E-state index >= 15 is 0 Å². The van der Waals surface area contributed by atoms with Crippen molar-refractivity contribution in [2.24, 2.45) is 4.36 Å². The minimum atomic E-state index is -2.35. The molecule has 0 aliphatic rings. The fourth-order valence-electron chi connectivity index (χ4n) is 2.47. The summed E-state index contributed by atoms with van der Waals surface area (Å²) >= 11 is 1.39. The van der Waals surface area contributed by atoms with Crippen LogP contribution in [0.5, 0.6) is 0 Å². The zero-order chi connectivity index (χ0) is 19.6.